The molecule has 0 radical (unpaired) electrons. The lowest BCUT2D eigenvalue weighted by Gasteiger charge is -2.24. The average molecular weight is 407 g/mol. The Morgan fingerprint density at radius 1 is 1.32 bits per heavy atom. The van der Waals surface area contributed by atoms with Crippen molar-refractivity contribution < 1.29 is 24.2 Å². The molecule has 3 aromatic rings. The largest absolute Gasteiger partial charge is 0.437 e. The molecule has 6 atom stereocenters. The number of anilines is 1. The second-order valence-electron chi connectivity index (χ2n) is 7.18. The molecule has 0 aromatic carbocycles. The van der Waals surface area contributed by atoms with Crippen LogP contribution < -0.4 is 5.73 Å². The van der Waals surface area contributed by atoms with Gasteiger partial charge in [0.05, 0.1) is 24.6 Å². The lowest BCUT2D eigenvalue weighted by molar-refractivity contribution is -0.0259. The second-order valence-corrected chi connectivity index (χ2v) is 8.88. The van der Waals surface area contributed by atoms with Crippen molar-refractivity contribution in [3.05, 3.63) is 31.4 Å². The van der Waals surface area contributed by atoms with E-state index in [1.807, 2.05) is 0 Å². The molecule has 12 nitrogen and oxygen atoms in total. The summed E-state index contributed by atoms with van der Waals surface area (Å²) in [6, 6.07) is 0. The standard InChI is InChI=1S/C15H18N7O5P/c16-13-10-14(19-5-18-13)22(7-20-10)15-3-9(15)8(11(23)12(15)24)4-27-28(25,26)21-2-1-17-6-21/h1-2,5-9,11-12,23-24H,3-4H2,(H,25,26)(H2,16,18,19)/t8?,9-,11+,12+,15+/m0/s1. The Kier molecular flexibility index (Phi) is 3.68. The third-order valence-electron chi connectivity index (χ3n) is 5.85. The van der Waals surface area contributed by atoms with Crippen LogP contribution in [0.1, 0.15) is 6.42 Å². The molecule has 0 bridgehead atoms. The highest BCUT2D eigenvalue weighted by Gasteiger charge is 2.72. The summed E-state index contributed by atoms with van der Waals surface area (Å²) in [5, 5.41) is 21.3. The van der Waals surface area contributed by atoms with Crippen LogP contribution in [0.15, 0.2) is 31.4 Å². The molecule has 0 saturated heterocycles. The maximum absolute atomic E-state index is 12.3. The molecule has 13 heteroatoms. The van der Waals surface area contributed by atoms with Gasteiger partial charge in [0, 0.05) is 18.3 Å². The van der Waals surface area contributed by atoms with Crippen LogP contribution in [-0.4, -0.2) is 62.8 Å². The molecule has 2 aliphatic rings. The van der Waals surface area contributed by atoms with E-state index in [0.29, 0.717) is 17.6 Å². The van der Waals surface area contributed by atoms with Gasteiger partial charge in [0.1, 0.15) is 24.3 Å². The molecule has 2 fully saturated rings. The number of nitrogens with zero attached hydrogens (tertiary/aromatic N) is 6. The van der Waals surface area contributed by atoms with Gasteiger partial charge >= 0.3 is 7.75 Å². The zero-order valence-electron chi connectivity index (χ0n) is 14.5. The number of hydrogen-bond acceptors (Lipinski definition) is 9. The summed E-state index contributed by atoms with van der Waals surface area (Å²) in [7, 11) is -4.13. The quantitative estimate of drug-likeness (QED) is 0.397. The van der Waals surface area contributed by atoms with E-state index < -0.39 is 31.4 Å². The molecule has 5 rings (SSSR count). The maximum Gasteiger partial charge on any atom is 0.437 e. The first-order valence-corrected chi connectivity index (χ1v) is 10.2. The van der Waals surface area contributed by atoms with E-state index in [-0.39, 0.29) is 18.3 Å². The van der Waals surface area contributed by atoms with Crippen molar-refractivity contribution >= 4 is 24.7 Å². The summed E-state index contributed by atoms with van der Waals surface area (Å²) < 4.78 is 20.3. The molecule has 0 amide bonds. The number of hydrogen-bond donors (Lipinski definition) is 4. The second kappa shape index (κ2) is 5.82. The fourth-order valence-corrected chi connectivity index (χ4v) is 5.28. The SMILES string of the molecule is Nc1ncnc2c1ncn2[C@]12C[C@H]1C(COP(=O)(O)n1ccnc1)[C@@H](O)[C@H]2O. The van der Waals surface area contributed by atoms with Crippen LogP contribution in [0.4, 0.5) is 5.82 Å². The average Bonchev–Trinajstić information content (AvgIpc) is 3.05. The normalized spacial score (nSPS) is 33.7. The molecule has 0 spiro atoms. The highest BCUT2D eigenvalue weighted by atomic mass is 31.2. The minimum atomic E-state index is -4.13. The first-order valence-electron chi connectivity index (χ1n) is 8.62. The highest BCUT2D eigenvalue weighted by molar-refractivity contribution is 7.51. The molecule has 148 valence electrons. The van der Waals surface area contributed by atoms with E-state index in [9.17, 15) is 19.7 Å². The molecule has 2 saturated carbocycles. The van der Waals surface area contributed by atoms with Gasteiger partial charge in [-0.25, -0.2) is 28.8 Å². The van der Waals surface area contributed by atoms with E-state index >= 15 is 0 Å². The van der Waals surface area contributed by atoms with Crippen LogP contribution in [0.2, 0.25) is 0 Å². The number of imidazole rings is 2. The lowest BCUT2D eigenvalue weighted by Crippen LogP contribution is -2.39. The molecule has 3 aromatic heterocycles. The summed E-state index contributed by atoms with van der Waals surface area (Å²) in [6.45, 7) is -0.194. The van der Waals surface area contributed by atoms with Crippen molar-refractivity contribution in [2.75, 3.05) is 12.3 Å². The highest BCUT2D eigenvalue weighted by Crippen LogP contribution is 2.65. The Bertz CT molecular complexity index is 1090. The van der Waals surface area contributed by atoms with E-state index in [2.05, 4.69) is 19.9 Å². The van der Waals surface area contributed by atoms with Crippen molar-refractivity contribution in [3.8, 4) is 0 Å². The van der Waals surface area contributed by atoms with Crippen LogP contribution >= 0.6 is 7.75 Å². The third-order valence-corrected chi connectivity index (χ3v) is 7.15. The molecule has 2 aliphatic carbocycles. The Morgan fingerprint density at radius 2 is 2.14 bits per heavy atom. The van der Waals surface area contributed by atoms with Gasteiger partial charge in [-0.3, -0.25) is 4.52 Å². The molecular weight excluding hydrogens is 389 g/mol. The van der Waals surface area contributed by atoms with Crippen LogP contribution in [0.25, 0.3) is 11.2 Å². The molecule has 2 unspecified atom stereocenters. The number of fused-ring (bicyclic) bond motifs is 2. The predicted molar refractivity (Wildman–Crippen MR) is 94.7 cm³/mol. The molecule has 5 N–H and O–H groups in total. The zero-order chi connectivity index (χ0) is 19.7. The fourth-order valence-electron chi connectivity index (χ4n) is 4.37. The van der Waals surface area contributed by atoms with E-state index in [1.165, 1.54) is 31.4 Å². The van der Waals surface area contributed by atoms with Gasteiger partial charge in [-0.1, -0.05) is 0 Å². The van der Waals surface area contributed by atoms with Crippen molar-refractivity contribution in [2.45, 2.75) is 24.2 Å². The maximum atomic E-state index is 12.3. The van der Waals surface area contributed by atoms with Gasteiger partial charge in [-0.15, -0.1) is 0 Å². The van der Waals surface area contributed by atoms with Gasteiger partial charge in [-0.2, -0.15) is 0 Å². The Balaban J connectivity index is 1.42. The van der Waals surface area contributed by atoms with Crippen molar-refractivity contribution in [1.82, 2.24) is 28.8 Å². The lowest BCUT2D eigenvalue weighted by atomic mass is 10.0. The van der Waals surface area contributed by atoms with Crippen molar-refractivity contribution in [1.29, 1.82) is 0 Å². The minimum Gasteiger partial charge on any atom is -0.390 e. The van der Waals surface area contributed by atoms with Gasteiger partial charge in [0.15, 0.2) is 11.5 Å². The topological polar surface area (TPSA) is 174 Å². The number of aromatic nitrogens is 6. The van der Waals surface area contributed by atoms with E-state index in [1.54, 1.807) is 4.57 Å². The van der Waals surface area contributed by atoms with Gasteiger partial charge in [0.2, 0.25) is 0 Å². The van der Waals surface area contributed by atoms with Crippen molar-refractivity contribution in [2.24, 2.45) is 11.8 Å². The van der Waals surface area contributed by atoms with Crippen molar-refractivity contribution in [3.63, 3.8) is 0 Å². The van der Waals surface area contributed by atoms with Crippen LogP contribution in [-0.2, 0) is 14.6 Å². The van der Waals surface area contributed by atoms with Crippen LogP contribution in [0.5, 0.6) is 0 Å². The Labute approximate surface area is 158 Å². The van der Waals surface area contributed by atoms with E-state index in [4.69, 9.17) is 10.3 Å². The van der Waals surface area contributed by atoms with Gasteiger partial charge < -0.3 is 25.4 Å². The number of nitrogen functional groups attached to an aromatic ring is 1. The first-order chi connectivity index (χ1) is 13.4. The molecular formula is C15H18N7O5P. The summed E-state index contributed by atoms with van der Waals surface area (Å²) in [5.74, 6) is -0.476. The van der Waals surface area contributed by atoms with Gasteiger partial charge in [0.25, 0.3) is 0 Å². The zero-order valence-corrected chi connectivity index (χ0v) is 15.4. The monoisotopic (exact) mass is 407 g/mol. The number of aliphatic hydroxyl groups is 2. The van der Waals surface area contributed by atoms with Crippen LogP contribution in [0, 0.1) is 11.8 Å². The Morgan fingerprint density at radius 3 is 2.89 bits per heavy atom. The van der Waals surface area contributed by atoms with Crippen LogP contribution in [0.3, 0.4) is 0 Å². The number of nitrogens with two attached hydrogens (primary N) is 1. The predicted octanol–water partition coefficient (Wildman–Crippen LogP) is -0.663. The van der Waals surface area contributed by atoms with Gasteiger partial charge in [-0.05, 0) is 12.3 Å². The third kappa shape index (κ3) is 2.29. The summed E-state index contributed by atoms with van der Waals surface area (Å²) in [5.41, 5.74) is 5.91. The smallest absolute Gasteiger partial charge is 0.390 e. The summed E-state index contributed by atoms with van der Waals surface area (Å²) >= 11 is 0. The Hall–Kier alpha value is -2.37. The number of rotatable bonds is 5. The molecule has 3 heterocycles. The summed E-state index contributed by atoms with van der Waals surface area (Å²) in [6.07, 6.45) is 5.03. The molecule has 28 heavy (non-hydrogen) atoms. The first kappa shape index (κ1) is 17.7. The molecule has 0 aliphatic heterocycles. The number of aliphatic hydroxyl groups excluding tert-OH is 2. The fraction of sp³-hybridized carbons (Fsp3) is 0.467. The summed E-state index contributed by atoms with van der Waals surface area (Å²) in [4.78, 5) is 26.2. The minimum absolute atomic E-state index is 0.172. The van der Waals surface area contributed by atoms with E-state index in [0.717, 1.165) is 4.34 Å².